The van der Waals surface area contributed by atoms with Crippen molar-refractivity contribution in [2.75, 3.05) is 5.75 Å². The highest BCUT2D eigenvalue weighted by atomic mass is 32.2. The van der Waals surface area contributed by atoms with Gasteiger partial charge >= 0.3 is 0 Å². The third-order valence-corrected chi connectivity index (χ3v) is 5.56. The lowest BCUT2D eigenvalue weighted by Gasteiger charge is -2.16. The summed E-state index contributed by atoms with van der Waals surface area (Å²) in [6.07, 6.45) is 4.09. The number of para-hydroxylation sites is 1. The predicted octanol–water partition coefficient (Wildman–Crippen LogP) is 3.76. The van der Waals surface area contributed by atoms with Gasteiger partial charge in [0, 0.05) is 12.1 Å². The van der Waals surface area contributed by atoms with Crippen LogP contribution in [0.4, 0.5) is 0 Å². The van der Waals surface area contributed by atoms with Crippen LogP contribution in [0.15, 0.2) is 34.2 Å². The van der Waals surface area contributed by atoms with Crippen LogP contribution < -0.4 is 10.9 Å². The molecule has 1 aromatic heterocycles. The van der Waals surface area contributed by atoms with Gasteiger partial charge in [0.2, 0.25) is 5.91 Å². The summed E-state index contributed by atoms with van der Waals surface area (Å²) in [5, 5.41) is 4.35. The number of hydrogen-bond acceptors (Lipinski definition) is 4. The maximum absolute atomic E-state index is 12.8. The molecule has 1 saturated carbocycles. The second-order valence-electron chi connectivity index (χ2n) is 7.55. The smallest absolute Gasteiger partial charge is 0.262 e. The summed E-state index contributed by atoms with van der Waals surface area (Å²) >= 11 is 1.36. The number of thioether (sulfide) groups is 1. The van der Waals surface area contributed by atoms with Gasteiger partial charge < -0.3 is 5.32 Å². The highest BCUT2D eigenvalue weighted by molar-refractivity contribution is 7.99. The van der Waals surface area contributed by atoms with Gasteiger partial charge in [-0.2, -0.15) is 0 Å². The molecule has 0 saturated heterocycles. The van der Waals surface area contributed by atoms with E-state index in [-0.39, 0.29) is 29.3 Å². The molecule has 2 aromatic rings. The summed E-state index contributed by atoms with van der Waals surface area (Å²) in [6, 6.07) is 7.82. The molecule has 0 spiro atoms. The number of amides is 1. The first-order valence-corrected chi connectivity index (χ1v) is 10.4. The molecule has 1 aliphatic rings. The van der Waals surface area contributed by atoms with Crippen LogP contribution in [0.25, 0.3) is 10.9 Å². The summed E-state index contributed by atoms with van der Waals surface area (Å²) in [6.45, 7) is 6.42. The molecule has 3 rings (SSSR count). The number of aromatic nitrogens is 2. The average Bonchev–Trinajstić information content (AvgIpc) is 3.43. The van der Waals surface area contributed by atoms with Gasteiger partial charge in [-0.1, -0.05) is 37.7 Å². The molecule has 1 aromatic carbocycles. The van der Waals surface area contributed by atoms with Crippen LogP contribution in [0, 0.1) is 5.92 Å². The van der Waals surface area contributed by atoms with E-state index in [1.807, 2.05) is 31.2 Å². The molecule has 1 fully saturated rings. The molecule has 1 heterocycles. The Labute approximate surface area is 158 Å². The Morgan fingerprint density at radius 3 is 2.69 bits per heavy atom. The molecule has 5 nitrogen and oxygen atoms in total. The van der Waals surface area contributed by atoms with Gasteiger partial charge in [-0.15, -0.1) is 0 Å². The van der Waals surface area contributed by atoms with Crippen LogP contribution in [-0.2, 0) is 4.79 Å². The van der Waals surface area contributed by atoms with Crippen molar-refractivity contribution in [2.24, 2.45) is 5.92 Å². The molecular formula is C20H27N3O2S. The maximum Gasteiger partial charge on any atom is 0.262 e. The van der Waals surface area contributed by atoms with Crippen molar-refractivity contribution < 1.29 is 4.79 Å². The lowest BCUT2D eigenvalue weighted by molar-refractivity contribution is -0.119. The first kappa shape index (κ1) is 19.0. The van der Waals surface area contributed by atoms with Gasteiger partial charge in [0.05, 0.1) is 16.7 Å². The first-order valence-electron chi connectivity index (χ1n) is 9.39. The Kier molecular flexibility index (Phi) is 6.01. The molecule has 140 valence electrons. The van der Waals surface area contributed by atoms with Crippen molar-refractivity contribution in [3.8, 4) is 0 Å². The minimum atomic E-state index is -0.00369. The Morgan fingerprint density at radius 2 is 2.00 bits per heavy atom. The van der Waals surface area contributed by atoms with Crippen LogP contribution in [0.3, 0.4) is 0 Å². The van der Waals surface area contributed by atoms with E-state index < -0.39 is 0 Å². The van der Waals surface area contributed by atoms with E-state index >= 15 is 0 Å². The van der Waals surface area contributed by atoms with Crippen molar-refractivity contribution >= 4 is 28.6 Å². The Morgan fingerprint density at radius 1 is 1.27 bits per heavy atom. The largest absolute Gasteiger partial charge is 0.353 e. The van der Waals surface area contributed by atoms with Crippen LogP contribution in [0.2, 0.25) is 0 Å². The third kappa shape index (κ3) is 4.67. The van der Waals surface area contributed by atoms with Gasteiger partial charge in [-0.25, -0.2) is 4.98 Å². The average molecular weight is 374 g/mol. The number of nitrogens with one attached hydrogen (secondary N) is 1. The van der Waals surface area contributed by atoms with Crippen molar-refractivity contribution in [1.82, 2.24) is 14.9 Å². The highest BCUT2D eigenvalue weighted by Gasteiger charge is 2.28. The Bertz CT molecular complexity index is 843. The van der Waals surface area contributed by atoms with Crippen LogP contribution in [-0.4, -0.2) is 27.3 Å². The van der Waals surface area contributed by atoms with E-state index in [9.17, 15) is 9.59 Å². The summed E-state index contributed by atoms with van der Waals surface area (Å²) in [5.74, 6) is 0.915. The molecule has 1 amide bonds. The van der Waals surface area contributed by atoms with E-state index in [0.29, 0.717) is 22.0 Å². The molecule has 0 radical (unpaired) electrons. The number of hydrogen-bond donors (Lipinski definition) is 1. The maximum atomic E-state index is 12.8. The van der Waals surface area contributed by atoms with Crippen molar-refractivity contribution in [1.29, 1.82) is 0 Å². The van der Waals surface area contributed by atoms with E-state index in [4.69, 9.17) is 0 Å². The number of rotatable bonds is 8. The standard InChI is InChI=1S/C20H27N3O2S/c1-13(2)8-9-14(3)21-18(24)12-26-20-22-17-7-5-4-6-16(17)19(25)23(20)15-10-11-15/h4-7,13-15H,8-12H2,1-3H3,(H,21,24)/t14-/m1/s1. The number of nitrogens with zero attached hydrogens (tertiary/aromatic N) is 2. The van der Waals surface area contributed by atoms with E-state index in [1.54, 1.807) is 4.57 Å². The molecule has 0 unspecified atom stereocenters. The quantitative estimate of drug-likeness (QED) is 0.565. The van der Waals surface area contributed by atoms with E-state index in [2.05, 4.69) is 24.1 Å². The molecule has 6 heteroatoms. The highest BCUT2D eigenvalue weighted by Crippen LogP contribution is 2.36. The zero-order chi connectivity index (χ0) is 18.7. The molecule has 0 aliphatic heterocycles. The third-order valence-electron chi connectivity index (χ3n) is 4.60. The summed E-state index contributed by atoms with van der Waals surface area (Å²) in [4.78, 5) is 29.7. The molecular weight excluding hydrogens is 346 g/mol. The van der Waals surface area contributed by atoms with Gasteiger partial charge in [-0.3, -0.25) is 14.2 Å². The van der Waals surface area contributed by atoms with Crippen molar-refractivity contribution in [2.45, 2.75) is 63.7 Å². The lowest BCUT2D eigenvalue weighted by Crippen LogP contribution is -2.34. The molecule has 1 aliphatic carbocycles. The summed E-state index contributed by atoms with van der Waals surface area (Å²) in [5.41, 5.74) is 0.703. The van der Waals surface area contributed by atoms with Crippen LogP contribution in [0.1, 0.15) is 52.5 Å². The minimum Gasteiger partial charge on any atom is -0.353 e. The topological polar surface area (TPSA) is 64.0 Å². The zero-order valence-electron chi connectivity index (χ0n) is 15.7. The number of carbonyl (C=O) groups is 1. The van der Waals surface area contributed by atoms with Gasteiger partial charge in [0.1, 0.15) is 0 Å². The Hall–Kier alpha value is -1.82. The second kappa shape index (κ2) is 8.25. The zero-order valence-corrected chi connectivity index (χ0v) is 16.5. The normalized spacial score (nSPS) is 15.4. The number of benzene rings is 1. The fraction of sp³-hybridized carbons (Fsp3) is 0.550. The SMILES string of the molecule is CC(C)CC[C@@H](C)NC(=O)CSc1nc2ccccc2c(=O)n1C1CC1. The van der Waals surface area contributed by atoms with Gasteiger partial charge in [0.15, 0.2) is 5.16 Å². The van der Waals surface area contributed by atoms with Crippen molar-refractivity contribution in [3.05, 3.63) is 34.6 Å². The molecule has 0 bridgehead atoms. The van der Waals surface area contributed by atoms with Crippen LogP contribution in [0.5, 0.6) is 0 Å². The first-order chi connectivity index (χ1) is 12.5. The summed E-state index contributed by atoms with van der Waals surface area (Å²) < 4.78 is 1.78. The Balaban J connectivity index is 1.69. The monoisotopic (exact) mass is 373 g/mol. The van der Waals surface area contributed by atoms with Crippen molar-refractivity contribution in [3.63, 3.8) is 0 Å². The number of carbonyl (C=O) groups excluding carboxylic acids is 1. The van der Waals surface area contributed by atoms with E-state index in [0.717, 1.165) is 25.7 Å². The molecule has 26 heavy (non-hydrogen) atoms. The minimum absolute atomic E-state index is 0.00369. The van der Waals surface area contributed by atoms with Crippen LogP contribution >= 0.6 is 11.8 Å². The van der Waals surface area contributed by atoms with Gasteiger partial charge in [0.25, 0.3) is 5.56 Å². The number of fused-ring (bicyclic) bond motifs is 1. The fourth-order valence-corrected chi connectivity index (χ4v) is 3.86. The fourth-order valence-electron chi connectivity index (χ4n) is 2.98. The predicted molar refractivity (Wildman–Crippen MR) is 107 cm³/mol. The summed E-state index contributed by atoms with van der Waals surface area (Å²) in [7, 11) is 0. The second-order valence-corrected chi connectivity index (χ2v) is 8.49. The lowest BCUT2D eigenvalue weighted by atomic mass is 10.0. The molecule has 1 atom stereocenters. The van der Waals surface area contributed by atoms with Gasteiger partial charge in [-0.05, 0) is 50.7 Å². The van der Waals surface area contributed by atoms with E-state index in [1.165, 1.54) is 11.8 Å². The molecule has 1 N–H and O–H groups in total.